The first kappa shape index (κ1) is 21.9. The lowest BCUT2D eigenvalue weighted by Gasteiger charge is -2.13. The van der Waals surface area contributed by atoms with E-state index in [0.29, 0.717) is 22.8 Å². The fraction of sp³-hybridized carbons (Fsp3) is 0.261. The molecule has 0 saturated heterocycles. The molecule has 1 aromatic heterocycles. The number of hydrogen-bond donors (Lipinski definition) is 0. The first-order chi connectivity index (χ1) is 15.0. The molecule has 0 fully saturated rings. The van der Waals surface area contributed by atoms with Crippen LogP contribution in [0.25, 0.3) is 17.5 Å². The summed E-state index contributed by atoms with van der Waals surface area (Å²) >= 11 is 0. The van der Waals surface area contributed by atoms with Crippen molar-refractivity contribution in [3.05, 3.63) is 54.1 Å². The first-order valence-electron chi connectivity index (χ1n) is 9.68. The molecule has 0 saturated carbocycles. The van der Waals surface area contributed by atoms with Gasteiger partial charge in [-0.15, -0.1) is 5.10 Å². The average molecular weight is 423 g/mol. The van der Waals surface area contributed by atoms with Crippen LogP contribution in [-0.4, -0.2) is 48.1 Å². The summed E-state index contributed by atoms with van der Waals surface area (Å²) in [7, 11) is 4.56. The van der Waals surface area contributed by atoms with Crippen LogP contribution in [0.1, 0.15) is 24.2 Å². The van der Waals surface area contributed by atoms with Crippen molar-refractivity contribution in [3.63, 3.8) is 0 Å². The lowest BCUT2D eigenvalue weighted by Crippen LogP contribution is -2.12. The van der Waals surface area contributed by atoms with Crippen molar-refractivity contribution in [3.8, 4) is 34.6 Å². The minimum absolute atomic E-state index is 0.0974. The second kappa shape index (κ2) is 9.80. The summed E-state index contributed by atoms with van der Waals surface area (Å²) in [6.45, 7) is 3.72. The highest BCUT2D eigenvalue weighted by Gasteiger charge is 2.22. The topological polar surface area (TPSA) is 84.7 Å². The molecule has 3 rings (SSSR count). The maximum absolute atomic E-state index is 13.0. The molecule has 0 aliphatic heterocycles. The maximum Gasteiger partial charge on any atom is 0.336 e. The molecule has 2 aromatic carbocycles. The number of allylic oxidation sites excluding steroid dienone is 1. The molecule has 0 bridgehead atoms. The van der Waals surface area contributed by atoms with Crippen LogP contribution in [0.2, 0.25) is 0 Å². The van der Waals surface area contributed by atoms with E-state index in [-0.39, 0.29) is 23.8 Å². The van der Waals surface area contributed by atoms with Crippen molar-refractivity contribution in [2.24, 2.45) is 0 Å². The Morgan fingerprint density at radius 2 is 1.65 bits per heavy atom. The van der Waals surface area contributed by atoms with Gasteiger partial charge in [0, 0.05) is 11.6 Å². The summed E-state index contributed by atoms with van der Waals surface area (Å²) < 4.78 is 23.0. The van der Waals surface area contributed by atoms with Crippen LogP contribution in [0.4, 0.5) is 0 Å². The Hall–Kier alpha value is -3.81. The zero-order chi connectivity index (χ0) is 22.4. The Kier molecular flexibility index (Phi) is 6.92. The zero-order valence-corrected chi connectivity index (χ0v) is 18.2. The number of nitrogens with zero attached hydrogens (tertiary/aromatic N) is 3. The summed E-state index contributed by atoms with van der Waals surface area (Å²) in [4.78, 5) is 17.4. The Morgan fingerprint density at radius 1 is 1.00 bits per heavy atom. The molecule has 31 heavy (non-hydrogen) atoms. The first-order valence-corrected chi connectivity index (χ1v) is 9.68. The molecule has 3 aromatic rings. The van der Waals surface area contributed by atoms with Crippen LogP contribution in [0.5, 0.6) is 23.3 Å². The molecule has 8 heteroatoms. The fourth-order valence-corrected chi connectivity index (χ4v) is 2.91. The highest BCUT2D eigenvalue weighted by atomic mass is 16.5. The standard InChI is InChI=1S/C23H25N3O5/c1-15(2)31-23-24-22(17-13-18(28-3)21(30-5)19(14-17)29-4)26(25-23)20(27)12-11-16-9-7-6-8-10-16/h6-15H,1-5H3/b12-11+. The molecule has 0 amide bonds. The number of carbonyl (C=O) groups excluding carboxylic acids is 1. The van der Waals surface area contributed by atoms with Gasteiger partial charge in [0.15, 0.2) is 17.3 Å². The van der Waals surface area contributed by atoms with Gasteiger partial charge in [-0.3, -0.25) is 4.79 Å². The van der Waals surface area contributed by atoms with Crippen LogP contribution in [0.15, 0.2) is 48.5 Å². The summed E-state index contributed by atoms with van der Waals surface area (Å²) in [6, 6.07) is 13.0. The van der Waals surface area contributed by atoms with E-state index in [1.54, 1.807) is 18.2 Å². The maximum atomic E-state index is 13.0. The van der Waals surface area contributed by atoms with E-state index in [4.69, 9.17) is 18.9 Å². The third kappa shape index (κ3) is 5.03. The van der Waals surface area contributed by atoms with Gasteiger partial charge in [-0.25, -0.2) is 0 Å². The molecule has 0 spiro atoms. The average Bonchev–Trinajstić information content (AvgIpc) is 3.20. The molecule has 1 heterocycles. The third-order valence-electron chi connectivity index (χ3n) is 4.28. The van der Waals surface area contributed by atoms with E-state index in [9.17, 15) is 4.79 Å². The van der Waals surface area contributed by atoms with E-state index in [1.807, 2.05) is 44.2 Å². The SMILES string of the molecule is COc1cc(-c2nc(OC(C)C)nn2C(=O)/C=C/c2ccccc2)cc(OC)c1OC. The summed E-state index contributed by atoms with van der Waals surface area (Å²) in [5.74, 6) is 1.22. The minimum Gasteiger partial charge on any atom is -0.493 e. The predicted molar refractivity (Wildman–Crippen MR) is 117 cm³/mol. The molecule has 0 atom stereocenters. The van der Waals surface area contributed by atoms with Gasteiger partial charge in [-0.05, 0) is 37.6 Å². The number of ether oxygens (including phenoxy) is 4. The monoisotopic (exact) mass is 423 g/mol. The molecule has 0 aliphatic carbocycles. The van der Waals surface area contributed by atoms with Gasteiger partial charge in [0.25, 0.3) is 5.91 Å². The van der Waals surface area contributed by atoms with E-state index < -0.39 is 0 Å². The zero-order valence-electron chi connectivity index (χ0n) is 18.2. The second-order valence-electron chi connectivity index (χ2n) is 6.79. The Bertz CT molecular complexity index is 1050. The highest BCUT2D eigenvalue weighted by molar-refractivity contribution is 5.95. The number of carbonyl (C=O) groups is 1. The molecule has 162 valence electrons. The van der Waals surface area contributed by atoms with E-state index in [1.165, 1.54) is 32.1 Å². The molecule has 0 unspecified atom stereocenters. The number of rotatable bonds is 8. The van der Waals surface area contributed by atoms with Crippen molar-refractivity contribution in [2.75, 3.05) is 21.3 Å². The van der Waals surface area contributed by atoms with Crippen molar-refractivity contribution in [1.82, 2.24) is 14.8 Å². The summed E-state index contributed by atoms with van der Waals surface area (Å²) in [5.41, 5.74) is 1.45. The molecule has 0 aliphatic rings. The van der Waals surface area contributed by atoms with E-state index >= 15 is 0 Å². The van der Waals surface area contributed by atoms with Crippen molar-refractivity contribution >= 4 is 12.0 Å². The van der Waals surface area contributed by atoms with Gasteiger partial charge in [0.2, 0.25) is 5.75 Å². The molecule has 8 nitrogen and oxygen atoms in total. The number of hydrogen-bond acceptors (Lipinski definition) is 7. The van der Waals surface area contributed by atoms with Crippen molar-refractivity contribution in [2.45, 2.75) is 20.0 Å². The van der Waals surface area contributed by atoms with Crippen LogP contribution in [0.3, 0.4) is 0 Å². The van der Waals surface area contributed by atoms with Gasteiger partial charge < -0.3 is 18.9 Å². The van der Waals surface area contributed by atoms with Gasteiger partial charge in [-0.2, -0.15) is 9.67 Å². The van der Waals surface area contributed by atoms with E-state index in [0.717, 1.165) is 5.56 Å². The Labute approximate surface area is 181 Å². The number of methoxy groups -OCH3 is 3. The Morgan fingerprint density at radius 3 is 2.19 bits per heavy atom. The van der Waals surface area contributed by atoms with Gasteiger partial charge in [0.1, 0.15) is 0 Å². The predicted octanol–water partition coefficient (Wildman–Crippen LogP) is 4.11. The van der Waals surface area contributed by atoms with Gasteiger partial charge in [0.05, 0.1) is 27.4 Å². The van der Waals surface area contributed by atoms with Gasteiger partial charge in [-0.1, -0.05) is 30.3 Å². The van der Waals surface area contributed by atoms with Crippen LogP contribution in [-0.2, 0) is 0 Å². The van der Waals surface area contributed by atoms with Crippen LogP contribution >= 0.6 is 0 Å². The smallest absolute Gasteiger partial charge is 0.336 e. The van der Waals surface area contributed by atoms with Crippen molar-refractivity contribution < 1.29 is 23.7 Å². The van der Waals surface area contributed by atoms with Crippen molar-refractivity contribution in [1.29, 1.82) is 0 Å². The normalized spacial score (nSPS) is 11.0. The molecular weight excluding hydrogens is 398 g/mol. The van der Waals surface area contributed by atoms with Crippen LogP contribution < -0.4 is 18.9 Å². The lowest BCUT2D eigenvalue weighted by molar-refractivity contribution is 0.0953. The summed E-state index contributed by atoms with van der Waals surface area (Å²) in [6.07, 6.45) is 3.00. The second-order valence-corrected chi connectivity index (χ2v) is 6.79. The number of aromatic nitrogens is 3. The minimum atomic E-state index is -0.376. The molecular formula is C23H25N3O5. The Balaban J connectivity index is 2.08. The largest absolute Gasteiger partial charge is 0.493 e. The molecule has 0 radical (unpaired) electrons. The summed E-state index contributed by atoms with van der Waals surface area (Å²) in [5, 5.41) is 4.26. The molecule has 0 N–H and O–H groups in total. The fourth-order valence-electron chi connectivity index (χ4n) is 2.91. The van der Waals surface area contributed by atoms with Crippen LogP contribution in [0, 0.1) is 0 Å². The highest BCUT2D eigenvalue weighted by Crippen LogP contribution is 2.41. The third-order valence-corrected chi connectivity index (χ3v) is 4.28. The van der Waals surface area contributed by atoms with Gasteiger partial charge >= 0.3 is 6.01 Å². The van der Waals surface area contributed by atoms with E-state index in [2.05, 4.69) is 10.1 Å². The lowest BCUT2D eigenvalue weighted by atomic mass is 10.1. The number of benzene rings is 2. The quantitative estimate of drug-likeness (QED) is 0.504.